The summed E-state index contributed by atoms with van der Waals surface area (Å²) < 4.78 is 1.01. The van der Waals surface area contributed by atoms with Crippen LogP contribution in [0.2, 0.25) is 0 Å². The molecule has 3 aromatic rings. The lowest BCUT2D eigenvalue weighted by Gasteiger charge is -2.29. The molecule has 0 saturated carbocycles. The number of nitrogens with one attached hydrogen (secondary N) is 1. The van der Waals surface area contributed by atoms with E-state index in [-0.39, 0.29) is 5.91 Å². The highest BCUT2D eigenvalue weighted by molar-refractivity contribution is 9.10. The average molecular weight is 436 g/mol. The van der Waals surface area contributed by atoms with Gasteiger partial charge in [-0.3, -0.25) is 14.7 Å². The third kappa shape index (κ3) is 4.66. The fraction of sp³-hybridized carbons (Fsp3) is 0.217. The lowest BCUT2D eigenvalue weighted by Crippen LogP contribution is -2.31. The number of anilines is 1. The van der Waals surface area contributed by atoms with Gasteiger partial charge in [0.05, 0.1) is 18.3 Å². The van der Waals surface area contributed by atoms with Gasteiger partial charge in [0.25, 0.3) is 0 Å². The second-order valence-electron chi connectivity index (χ2n) is 7.12. The summed E-state index contributed by atoms with van der Waals surface area (Å²) in [6.07, 6.45) is 4.97. The number of hydrogen-bond acceptors (Lipinski definition) is 3. The van der Waals surface area contributed by atoms with E-state index in [0.29, 0.717) is 6.42 Å². The predicted molar refractivity (Wildman–Crippen MR) is 115 cm³/mol. The molecule has 0 atom stereocenters. The Morgan fingerprint density at radius 2 is 1.82 bits per heavy atom. The summed E-state index contributed by atoms with van der Waals surface area (Å²) in [6.45, 7) is 2.76. The number of carbonyl (C=O) groups excluding carboxylic acids is 1. The number of fused-ring (bicyclic) bond motifs is 1. The molecule has 4 nitrogen and oxygen atoms in total. The molecule has 142 valence electrons. The van der Waals surface area contributed by atoms with Gasteiger partial charge in [-0.25, -0.2) is 0 Å². The van der Waals surface area contributed by atoms with Crippen LogP contribution >= 0.6 is 15.9 Å². The highest BCUT2D eigenvalue weighted by Gasteiger charge is 2.20. The molecule has 1 aliphatic heterocycles. The molecule has 5 heteroatoms. The van der Waals surface area contributed by atoms with Crippen molar-refractivity contribution in [1.29, 1.82) is 0 Å². The molecule has 4 rings (SSSR count). The maximum Gasteiger partial charge on any atom is 0.228 e. The Hall–Kier alpha value is -2.50. The van der Waals surface area contributed by atoms with Gasteiger partial charge >= 0.3 is 0 Å². The SMILES string of the molecule is O=C(Cc1ccc(Br)cc1)Nc1cncc2c1CCN(Cc1ccccc1)C2. The van der Waals surface area contributed by atoms with Gasteiger partial charge in [-0.15, -0.1) is 0 Å². The summed E-state index contributed by atoms with van der Waals surface area (Å²) in [4.78, 5) is 19.3. The Balaban J connectivity index is 1.42. The minimum Gasteiger partial charge on any atom is -0.324 e. The maximum atomic E-state index is 12.5. The molecule has 0 saturated heterocycles. The Bertz CT molecular complexity index is 957. The summed E-state index contributed by atoms with van der Waals surface area (Å²) in [5.41, 5.74) is 5.57. The first-order valence-electron chi connectivity index (χ1n) is 9.44. The zero-order valence-corrected chi connectivity index (χ0v) is 17.2. The Morgan fingerprint density at radius 3 is 2.61 bits per heavy atom. The van der Waals surface area contributed by atoms with Crippen molar-refractivity contribution in [2.24, 2.45) is 0 Å². The zero-order valence-electron chi connectivity index (χ0n) is 15.6. The quantitative estimate of drug-likeness (QED) is 0.637. The lowest BCUT2D eigenvalue weighted by atomic mass is 9.99. The molecule has 0 aliphatic carbocycles. The predicted octanol–water partition coefficient (Wildman–Crippen LogP) is 4.58. The summed E-state index contributed by atoms with van der Waals surface area (Å²) in [6, 6.07) is 18.3. The number of benzene rings is 2. The number of amides is 1. The Kier molecular flexibility index (Phi) is 5.84. The van der Waals surface area contributed by atoms with Gasteiger partial charge in [-0.1, -0.05) is 58.4 Å². The molecule has 0 radical (unpaired) electrons. The van der Waals surface area contributed by atoms with E-state index < -0.39 is 0 Å². The van der Waals surface area contributed by atoms with Gasteiger partial charge in [0.15, 0.2) is 0 Å². The molecular weight excluding hydrogens is 414 g/mol. The van der Waals surface area contributed by atoms with E-state index in [1.807, 2.05) is 36.5 Å². The van der Waals surface area contributed by atoms with Crippen LogP contribution in [0.25, 0.3) is 0 Å². The highest BCUT2D eigenvalue weighted by Crippen LogP contribution is 2.26. The van der Waals surface area contributed by atoms with Gasteiger partial charge in [0, 0.05) is 30.3 Å². The molecule has 1 amide bonds. The monoisotopic (exact) mass is 435 g/mol. The van der Waals surface area contributed by atoms with E-state index in [1.54, 1.807) is 6.20 Å². The molecule has 0 unspecified atom stereocenters. The molecule has 0 bridgehead atoms. The third-order valence-corrected chi connectivity index (χ3v) is 5.55. The second-order valence-corrected chi connectivity index (χ2v) is 8.04. The van der Waals surface area contributed by atoms with Crippen LogP contribution in [-0.2, 0) is 30.7 Å². The van der Waals surface area contributed by atoms with Crippen molar-refractivity contribution in [2.75, 3.05) is 11.9 Å². The number of rotatable bonds is 5. The zero-order chi connectivity index (χ0) is 19.3. The van der Waals surface area contributed by atoms with Gasteiger partial charge in [-0.05, 0) is 40.8 Å². The lowest BCUT2D eigenvalue weighted by molar-refractivity contribution is -0.115. The first-order valence-corrected chi connectivity index (χ1v) is 10.2. The van der Waals surface area contributed by atoms with Crippen LogP contribution in [0.15, 0.2) is 71.5 Å². The molecule has 2 heterocycles. The van der Waals surface area contributed by atoms with Crippen molar-refractivity contribution in [3.8, 4) is 0 Å². The molecule has 0 spiro atoms. The molecule has 28 heavy (non-hydrogen) atoms. The second kappa shape index (κ2) is 8.67. The van der Waals surface area contributed by atoms with Crippen LogP contribution in [-0.4, -0.2) is 22.3 Å². The van der Waals surface area contributed by atoms with Gasteiger partial charge in [-0.2, -0.15) is 0 Å². The Morgan fingerprint density at radius 1 is 1.04 bits per heavy atom. The number of aromatic nitrogens is 1. The van der Waals surface area contributed by atoms with Crippen LogP contribution in [0.4, 0.5) is 5.69 Å². The first kappa shape index (κ1) is 18.8. The van der Waals surface area contributed by atoms with Crippen LogP contribution in [0.5, 0.6) is 0 Å². The van der Waals surface area contributed by atoms with Gasteiger partial charge in [0.2, 0.25) is 5.91 Å². The van der Waals surface area contributed by atoms with Crippen molar-refractivity contribution in [1.82, 2.24) is 9.88 Å². The number of nitrogens with zero attached hydrogens (tertiary/aromatic N) is 2. The molecule has 2 aromatic carbocycles. The average Bonchev–Trinajstić information content (AvgIpc) is 2.70. The van der Waals surface area contributed by atoms with Gasteiger partial charge in [0.1, 0.15) is 0 Å². The Labute approximate surface area is 173 Å². The van der Waals surface area contributed by atoms with E-state index >= 15 is 0 Å². The van der Waals surface area contributed by atoms with Crippen LogP contribution in [0, 0.1) is 0 Å². The molecule has 1 aliphatic rings. The molecule has 1 aromatic heterocycles. The summed E-state index contributed by atoms with van der Waals surface area (Å²) in [7, 11) is 0. The maximum absolute atomic E-state index is 12.5. The number of pyridine rings is 1. The van der Waals surface area contributed by atoms with Crippen molar-refractivity contribution < 1.29 is 4.79 Å². The van der Waals surface area contributed by atoms with E-state index in [2.05, 4.69) is 55.4 Å². The van der Waals surface area contributed by atoms with Gasteiger partial charge < -0.3 is 5.32 Å². The molecule has 1 N–H and O–H groups in total. The van der Waals surface area contributed by atoms with E-state index in [4.69, 9.17) is 0 Å². The molecule has 0 fully saturated rings. The van der Waals surface area contributed by atoms with Crippen molar-refractivity contribution in [3.63, 3.8) is 0 Å². The normalized spacial score (nSPS) is 13.8. The summed E-state index contributed by atoms with van der Waals surface area (Å²) in [5.74, 6) is -0.00997. The standard InChI is InChI=1S/C23H22BrN3O/c24-20-8-6-17(7-9-20)12-23(28)26-22-14-25-13-19-16-27(11-10-21(19)22)15-18-4-2-1-3-5-18/h1-9,13-14H,10-12,15-16H2,(H,26,28). The van der Waals surface area contributed by atoms with Crippen molar-refractivity contribution in [2.45, 2.75) is 25.9 Å². The minimum absolute atomic E-state index is 0.00997. The van der Waals surface area contributed by atoms with E-state index in [9.17, 15) is 4.79 Å². The number of halogens is 1. The fourth-order valence-corrected chi connectivity index (χ4v) is 3.88. The van der Waals surface area contributed by atoms with Crippen molar-refractivity contribution >= 4 is 27.5 Å². The first-order chi connectivity index (χ1) is 13.7. The minimum atomic E-state index is -0.00997. The number of hydrogen-bond donors (Lipinski definition) is 1. The topological polar surface area (TPSA) is 45.2 Å². The molecular formula is C23H22BrN3O. The van der Waals surface area contributed by atoms with Crippen LogP contribution in [0.1, 0.15) is 22.3 Å². The van der Waals surface area contributed by atoms with Crippen LogP contribution in [0.3, 0.4) is 0 Å². The summed E-state index contributed by atoms with van der Waals surface area (Å²) in [5, 5.41) is 3.07. The largest absolute Gasteiger partial charge is 0.324 e. The fourth-order valence-electron chi connectivity index (χ4n) is 3.62. The summed E-state index contributed by atoms with van der Waals surface area (Å²) >= 11 is 3.42. The third-order valence-electron chi connectivity index (χ3n) is 5.02. The highest BCUT2D eigenvalue weighted by atomic mass is 79.9. The van der Waals surface area contributed by atoms with E-state index in [0.717, 1.165) is 41.8 Å². The number of carbonyl (C=O) groups is 1. The van der Waals surface area contributed by atoms with E-state index in [1.165, 1.54) is 16.7 Å². The van der Waals surface area contributed by atoms with Crippen molar-refractivity contribution in [3.05, 3.63) is 93.7 Å². The smallest absolute Gasteiger partial charge is 0.228 e. The van der Waals surface area contributed by atoms with Crippen LogP contribution < -0.4 is 5.32 Å².